The molecular formula is C19H35N5O2. The van der Waals surface area contributed by atoms with E-state index in [1.54, 1.807) is 7.11 Å². The van der Waals surface area contributed by atoms with Crippen molar-refractivity contribution in [2.24, 2.45) is 10.9 Å². The van der Waals surface area contributed by atoms with E-state index < -0.39 is 0 Å². The van der Waals surface area contributed by atoms with Crippen molar-refractivity contribution in [2.45, 2.75) is 53.1 Å². The second-order valence-corrected chi connectivity index (χ2v) is 6.86. The summed E-state index contributed by atoms with van der Waals surface area (Å²) >= 11 is 0. The van der Waals surface area contributed by atoms with E-state index in [4.69, 9.17) is 14.5 Å². The lowest BCUT2D eigenvalue weighted by molar-refractivity contribution is 0.123. The van der Waals surface area contributed by atoms with Crippen LogP contribution < -0.4 is 10.6 Å². The maximum atomic E-state index is 5.67. The number of methoxy groups -OCH3 is 1. The predicted molar refractivity (Wildman–Crippen MR) is 105 cm³/mol. The highest BCUT2D eigenvalue weighted by atomic mass is 16.5. The lowest BCUT2D eigenvalue weighted by Gasteiger charge is -2.11. The zero-order valence-corrected chi connectivity index (χ0v) is 16.8. The van der Waals surface area contributed by atoms with E-state index in [1.807, 2.05) is 11.6 Å². The fourth-order valence-electron chi connectivity index (χ4n) is 2.77. The van der Waals surface area contributed by atoms with Crippen LogP contribution in [-0.4, -0.2) is 55.8 Å². The average molecular weight is 366 g/mol. The van der Waals surface area contributed by atoms with Crippen LogP contribution >= 0.6 is 0 Å². The summed E-state index contributed by atoms with van der Waals surface area (Å²) in [5, 5.41) is 11.3. The second-order valence-electron chi connectivity index (χ2n) is 6.86. The minimum Gasteiger partial charge on any atom is -0.383 e. The molecule has 0 atom stereocenters. The third-order valence-corrected chi connectivity index (χ3v) is 4.59. The smallest absolute Gasteiger partial charge is 0.191 e. The molecular weight excluding hydrogens is 330 g/mol. The maximum absolute atomic E-state index is 5.67. The van der Waals surface area contributed by atoms with Gasteiger partial charge in [0.15, 0.2) is 5.96 Å². The molecule has 0 aliphatic heterocycles. The molecule has 0 saturated heterocycles. The molecule has 0 spiro atoms. The monoisotopic (exact) mass is 365 g/mol. The Kier molecular flexibility index (Phi) is 8.91. The Morgan fingerprint density at radius 2 is 2.08 bits per heavy atom. The summed E-state index contributed by atoms with van der Waals surface area (Å²) in [6, 6.07) is 0. The number of hydrogen-bond acceptors (Lipinski definition) is 4. The fourth-order valence-corrected chi connectivity index (χ4v) is 2.77. The van der Waals surface area contributed by atoms with Gasteiger partial charge in [0.2, 0.25) is 0 Å². The first-order valence-corrected chi connectivity index (χ1v) is 9.77. The van der Waals surface area contributed by atoms with Crippen molar-refractivity contribution < 1.29 is 9.47 Å². The summed E-state index contributed by atoms with van der Waals surface area (Å²) in [7, 11) is 1.71. The Balaban J connectivity index is 1.80. The van der Waals surface area contributed by atoms with Crippen molar-refractivity contribution in [3.63, 3.8) is 0 Å². The second kappa shape index (κ2) is 11.2. The molecule has 26 heavy (non-hydrogen) atoms. The molecule has 2 N–H and O–H groups in total. The van der Waals surface area contributed by atoms with E-state index in [0.717, 1.165) is 62.5 Å². The molecule has 1 aliphatic carbocycles. The summed E-state index contributed by atoms with van der Waals surface area (Å²) in [4.78, 5) is 4.72. The van der Waals surface area contributed by atoms with Gasteiger partial charge in [0.1, 0.15) is 0 Å². The fraction of sp³-hybridized carbons (Fsp3) is 0.789. The van der Waals surface area contributed by atoms with E-state index in [0.29, 0.717) is 13.2 Å². The van der Waals surface area contributed by atoms with Crippen LogP contribution in [0.1, 0.15) is 43.1 Å². The van der Waals surface area contributed by atoms with Gasteiger partial charge in [0.25, 0.3) is 0 Å². The lowest BCUT2D eigenvalue weighted by atomic mass is 10.2. The van der Waals surface area contributed by atoms with Gasteiger partial charge < -0.3 is 20.1 Å². The molecule has 1 saturated carbocycles. The first kappa shape index (κ1) is 20.7. The van der Waals surface area contributed by atoms with Crippen LogP contribution in [-0.2, 0) is 22.6 Å². The highest BCUT2D eigenvalue weighted by Crippen LogP contribution is 2.28. The number of rotatable bonds is 12. The van der Waals surface area contributed by atoms with Gasteiger partial charge in [-0.15, -0.1) is 0 Å². The molecule has 0 amide bonds. The van der Waals surface area contributed by atoms with E-state index in [-0.39, 0.29) is 0 Å². The first-order valence-electron chi connectivity index (χ1n) is 9.77. The molecule has 0 radical (unpaired) electrons. The van der Waals surface area contributed by atoms with Crippen LogP contribution in [0.5, 0.6) is 0 Å². The van der Waals surface area contributed by atoms with Gasteiger partial charge in [-0.1, -0.05) is 0 Å². The van der Waals surface area contributed by atoms with E-state index in [1.165, 1.54) is 18.4 Å². The first-order chi connectivity index (χ1) is 12.7. The highest BCUT2D eigenvalue weighted by molar-refractivity contribution is 5.79. The third kappa shape index (κ3) is 6.96. The van der Waals surface area contributed by atoms with E-state index in [9.17, 15) is 0 Å². The third-order valence-electron chi connectivity index (χ3n) is 4.59. The zero-order chi connectivity index (χ0) is 18.8. The Hall–Kier alpha value is -1.60. The standard InChI is InChI=1S/C19H35N5O2/c1-5-20-19(21-9-6-11-26-14-17-7-8-17)22-13-18-15(2)23-24(16(18)3)10-12-25-4/h17H,5-14H2,1-4H3,(H2,20,21,22). The summed E-state index contributed by atoms with van der Waals surface area (Å²) in [5.74, 6) is 1.68. The van der Waals surface area contributed by atoms with Crippen LogP contribution in [0.4, 0.5) is 0 Å². The molecule has 7 heteroatoms. The number of aryl methyl sites for hydroxylation is 1. The zero-order valence-electron chi connectivity index (χ0n) is 16.8. The molecule has 1 aromatic heterocycles. The van der Waals surface area contributed by atoms with Crippen molar-refractivity contribution in [1.29, 1.82) is 0 Å². The molecule has 7 nitrogen and oxygen atoms in total. The minimum atomic E-state index is 0.623. The minimum absolute atomic E-state index is 0.623. The van der Waals surface area contributed by atoms with Crippen LogP contribution in [0.3, 0.4) is 0 Å². The predicted octanol–water partition coefficient (Wildman–Crippen LogP) is 2.02. The van der Waals surface area contributed by atoms with Gasteiger partial charge in [-0.05, 0) is 46.0 Å². The Morgan fingerprint density at radius 1 is 1.27 bits per heavy atom. The highest BCUT2D eigenvalue weighted by Gasteiger charge is 2.20. The Morgan fingerprint density at radius 3 is 2.77 bits per heavy atom. The van der Waals surface area contributed by atoms with Gasteiger partial charge in [0, 0.05) is 44.7 Å². The number of hydrogen-bond donors (Lipinski definition) is 2. The number of nitrogens with zero attached hydrogens (tertiary/aromatic N) is 3. The molecule has 1 heterocycles. The van der Waals surface area contributed by atoms with Gasteiger partial charge in [-0.25, -0.2) is 4.99 Å². The maximum Gasteiger partial charge on any atom is 0.191 e. The summed E-state index contributed by atoms with van der Waals surface area (Å²) in [6.07, 6.45) is 3.68. The van der Waals surface area contributed by atoms with Crippen LogP contribution in [0, 0.1) is 19.8 Å². The number of aromatic nitrogens is 2. The number of aliphatic imine (C=N–C) groups is 1. The molecule has 1 aliphatic rings. The average Bonchev–Trinajstić information content (AvgIpc) is 3.41. The Labute approximate surface area is 157 Å². The Bertz CT molecular complexity index is 567. The van der Waals surface area contributed by atoms with Gasteiger partial charge in [-0.3, -0.25) is 4.68 Å². The van der Waals surface area contributed by atoms with Crippen molar-refractivity contribution >= 4 is 5.96 Å². The van der Waals surface area contributed by atoms with Gasteiger partial charge in [-0.2, -0.15) is 5.10 Å². The largest absolute Gasteiger partial charge is 0.383 e. The molecule has 148 valence electrons. The van der Waals surface area contributed by atoms with Gasteiger partial charge >= 0.3 is 0 Å². The van der Waals surface area contributed by atoms with Gasteiger partial charge in [0.05, 0.1) is 25.4 Å². The number of guanidine groups is 1. The number of nitrogens with one attached hydrogen (secondary N) is 2. The number of ether oxygens (including phenoxy) is 2. The SMILES string of the molecule is CCNC(=NCc1c(C)nn(CCOC)c1C)NCCCOCC1CC1. The molecule has 2 rings (SSSR count). The summed E-state index contributed by atoms with van der Waals surface area (Å²) in [6.45, 7) is 11.7. The van der Waals surface area contributed by atoms with Crippen molar-refractivity contribution in [3.05, 3.63) is 17.0 Å². The molecule has 1 fully saturated rings. The van der Waals surface area contributed by atoms with Crippen LogP contribution in [0.2, 0.25) is 0 Å². The van der Waals surface area contributed by atoms with E-state index in [2.05, 4.69) is 29.6 Å². The summed E-state index contributed by atoms with van der Waals surface area (Å²) in [5.41, 5.74) is 3.38. The topological polar surface area (TPSA) is 72.7 Å². The van der Waals surface area contributed by atoms with Crippen molar-refractivity contribution in [3.8, 4) is 0 Å². The molecule has 1 aromatic rings. The summed E-state index contributed by atoms with van der Waals surface area (Å²) < 4.78 is 12.8. The molecule has 0 unspecified atom stereocenters. The normalized spacial score (nSPS) is 14.7. The molecule has 0 bridgehead atoms. The van der Waals surface area contributed by atoms with Crippen molar-refractivity contribution in [2.75, 3.05) is 40.0 Å². The van der Waals surface area contributed by atoms with E-state index >= 15 is 0 Å². The van der Waals surface area contributed by atoms with Crippen LogP contribution in [0.25, 0.3) is 0 Å². The lowest BCUT2D eigenvalue weighted by Crippen LogP contribution is -2.38. The van der Waals surface area contributed by atoms with Crippen LogP contribution in [0.15, 0.2) is 4.99 Å². The quantitative estimate of drug-likeness (QED) is 0.337. The molecule has 0 aromatic carbocycles. The van der Waals surface area contributed by atoms with Crippen molar-refractivity contribution in [1.82, 2.24) is 20.4 Å².